The summed E-state index contributed by atoms with van der Waals surface area (Å²) in [7, 11) is 0. The van der Waals surface area contributed by atoms with E-state index in [1.807, 2.05) is 19.1 Å². The molecule has 0 saturated carbocycles. The molecule has 0 amide bonds. The smallest absolute Gasteiger partial charge is 0.0149 e. The second-order valence-electron chi connectivity index (χ2n) is 7.83. The number of hydrogen-bond acceptors (Lipinski definition) is 1. The Morgan fingerprint density at radius 1 is 1.09 bits per heavy atom. The molecule has 1 rings (SSSR count). The fourth-order valence-corrected chi connectivity index (χ4v) is 10.4. The first-order chi connectivity index (χ1) is 9.89. The van der Waals surface area contributed by atoms with E-state index in [1.54, 1.807) is 21.1 Å². The summed E-state index contributed by atoms with van der Waals surface area (Å²) in [5, 5.41) is 4.99. The molecule has 0 aromatic heterocycles. The van der Waals surface area contributed by atoms with Crippen LogP contribution >= 0.6 is 0 Å². The normalized spacial score (nSPS) is 18.8. The second-order valence-corrected chi connectivity index (χ2v) is 14.1. The molecule has 0 heterocycles. The number of hydrogen-bond donors (Lipinski definition) is 1. The van der Waals surface area contributed by atoms with E-state index < -0.39 is 16.8 Å². The molecule has 0 aliphatic heterocycles. The van der Waals surface area contributed by atoms with Gasteiger partial charge in [-0.2, -0.15) is 0 Å². The molecule has 0 saturated heterocycles. The fraction of sp³-hybridized carbons (Fsp3) is 0.600. The summed E-state index contributed by atoms with van der Waals surface area (Å²) in [6.07, 6.45) is 5.58. The Kier molecular flexibility index (Phi) is 10.9. The average molecular weight is 372 g/mol. The van der Waals surface area contributed by atoms with E-state index in [4.69, 9.17) is 0 Å². The van der Waals surface area contributed by atoms with Crippen molar-refractivity contribution in [3.05, 3.63) is 45.4 Å². The van der Waals surface area contributed by atoms with Crippen LogP contribution in [0.25, 0.3) is 0 Å². The van der Waals surface area contributed by atoms with Crippen molar-refractivity contribution in [1.29, 1.82) is 0 Å². The van der Waals surface area contributed by atoms with Crippen LogP contribution in [0.3, 0.4) is 0 Å². The number of allylic oxidation sites excluding steroid dienone is 7. The van der Waals surface area contributed by atoms with E-state index in [0.29, 0.717) is 5.92 Å². The largest absolute Gasteiger partial charge is 0.0149 e. The molecule has 0 spiro atoms. The van der Waals surface area contributed by atoms with E-state index in [0.717, 1.165) is 0 Å². The van der Waals surface area contributed by atoms with Gasteiger partial charge in [0, 0.05) is 0 Å². The van der Waals surface area contributed by atoms with Crippen LogP contribution in [0.15, 0.2) is 45.4 Å². The van der Waals surface area contributed by atoms with Gasteiger partial charge in [-0.3, -0.25) is 0 Å². The van der Waals surface area contributed by atoms with Gasteiger partial charge in [0.05, 0.1) is 0 Å². The van der Waals surface area contributed by atoms with Gasteiger partial charge in [0.1, 0.15) is 0 Å². The molecular formula is C20H41NSiTi. The van der Waals surface area contributed by atoms with Gasteiger partial charge in [-0.05, 0) is 17.9 Å². The molecule has 1 atom stereocenters. The third kappa shape index (κ3) is 7.51. The van der Waals surface area contributed by atoms with Gasteiger partial charge >= 0.3 is 112 Å². The van der Waals surface area contributed by atoms with E-state index in [-0.39, 0.29) is 16.5 Å². The van der Waals surface area contributed by atoms with Crippen LogP contribution < -0.4 is 3.80 Å². The summed E-state index contributed by atoms with van der Waals surface area (Å²) >= 11 is -2.08. The van der Waals surface area contributed by atoms with Gasteiger partial charge in [-0.15, -0.1) is 0 Å². The monoisotopic (exact) mass is 371 g/mol. The van der Waals surface area contributed by atoms with Crippen molar-refractivity contribution >= 4 is 11.0 Å². The van der Waals surface area contributed by atoms with Gasteiger partial charge in [0.25, 0.3) is 0 Å². The molecule has 134 valence electrons. The van der Waals surface area contributed by atoms with E-state index in [1.165, 1.54) is 5.57 Å². The first-order valence-electron chi connectivity index (χ1n) is 8.31. The van der Waals surface area contributed by atoms with Crippen molar-refractivity contribution < 1.29 is 16.8 Å². The SMILES string of the molecule is C=CC=CC.CC1=C(C)[C@@H](C)[C]([Ti]([CH3])([CH3])[NH]C(C)(C)C)=C1C.[SiH4]. The fourth-order valence-electron chi connectivity index (χ4n) is 3.51. The average Bonchev–Trinajstić information content (AvgIpc) is 2.53. The van der Waals surface area contributed by atoms with Gasteiger partial charge in [-0.1, -0.05) is 24.8 Å². The summed E-state index contributed by atoms with van der Waals surface area (Å²) in [5.41, 5.74) is 4.89. The summed E-state index contributed by atoms with van der Waals surface area (Å²) in [6, 6.07) is 0. The Morgan fingerprint density at radius 2 is 1.57 bits per heavy atom. The maximum Gasteiger partial charge on any atom is -0.0149 e. The first kappa shape index (κ1) is 25.1. The molecular weight excluding hydrogens is 330 g/mol. The molecule has 0 fully saturated rings. The first-order valence-corrected chi connectivity index (χ1v) is 13.0. The minimum Gasteiger partial charge on any atom is -0.0149 e. The summed E-state index contributed by atoms with van der Waals surface area (Å²) < 4.78 is 5.69. The molecule has 3 heteroatoms. The van der Waals surface area contributed by atoms with Crippen molar-refractivity contribution in [3.8, 4) is 0 Å². The predicted octanol–water partition coefficient (Wildman–Crippen LogP) is 5.10. The van der Waals surface area contributed by atoms with Gasteiger partial charge in [-0.25, -0.2) is 0 Å². The minimum absolute atomic E-state index is 0. The predicted molar refractivity (Wildman–Crippen MR) is 111 cm³/mol. The summed E-state index contributed by atoms with van der Waals surface area (Å²) in [6.45, 7) is 21.5. The van der Waals surface area contributed by atoms with Crippen LogP contribution in [-0.2, 0) is 16.8 Å². The van der Waals surface area contributed by atoms with Gasteiger partial charge < -0.3 is 0 Å². The van der Waals surface area contributed by atoms with Crippen molar-refractivity contribution in [2.24, 2.45) is 5.92 Å². The maximum atomic E-state index is 3.94. The third-order valence-corrected chi connectivity index (χ3v) is 9.84. The molecule has 0 bridgehead atoms. The quantitative estimate of drug-likeness (QED) is 0.538. The molecule has 0 aromatic carbocycles. The molecule has 1 aliphatic carbocycles. The molecule has 1 N–H and O–H groups in total. The van der Waals surface area contributed by atoms with Crippen molar-refractivity contribution in [1.82, 2.24) is 3.80 Å². The maximum absolute atomic E-state index is 3.94. The second kappa shape index (κ2) is 9.98. The van der Waals surface area contributed by atoms with Crippen LogP contribution in [0.2, 0.25) is 10.5 Å². The van der Waals surface area contributed by atoms with Gasteiger partial charge in [0.2, 0.25) is 0 Å². The molecule has 0 aromatic rings. The zero-order valence-electron chi connectivity index (χ0n) is 16.5. The Bertz CT molecular complexity index is 490. The van der Waals surface area contributed by atoms with Crippen molar-refractivity contribution in [3.63, 3.8) is 0 Å². The third-order valence-electron chi connectivity index (χ3n) is 4.33. The van der Waals surface area contributed by atoms with Crippen LogP contribution in [0.4, 0.5) is 0 Å². The zero-order valence-corrected chi connectivity index (χ0v) is 18.1. The Labute approximate surface area is 154 Å². The molecule has 1 nitrogen and oxygen atoms in total. The topological polar surface area (TPSA) is 12.0 Å². The number of rotatable bonds is 3. The molecule has 0 radical (unpaired) electrons. The minimum atomic E-state index is -2.08. The van der Waals surface area contributed by atoms with Crippen LogP contribution in [0.5, 0.6) is 0 Å². The van der Waals surface area contributed by atoms with Crippen LogP contribution in [0.1, 0.15) is 55.4 Å². The molecule has 1 aliphatic rings. The summed E-state index contributed by atoms with van der Waals surface area (Å²) in [5.74, 6) is 0.653. The Hall–Kier alpha value is -0.149. The number of nitrogens with one attached hydrogen (secondary N) is 1. The van der Waals surface area contributed by atoms with E-state index in [9.17, 15) is 0 Å². The van der Waals surface area contributed by atoms with E-state index in [2.05, 4.69) is 69.3 Å². The Balaban J connectivity index is 0. The van der Waals surface area contributed by atoms with Gasteiger partial charge in [0.15, 0.2) is 0 Å². The zero-order chi connectivity index (χ0) is 17.7. The molecule has 0 unspecified atom stereocenters. The standard InChI is InChI=1S/C9H13.C5H8.C4H10N.2CH3.H4Si.Ti/c1-6-5-7(2)9(4)8(6)3;1-3-5-4-2;1-4(2,3)5;;;;/h6H,1-4H3;3-5H,1H2,2H3;5H,1-3H3;2*1H3;1H4;/q;;-1;;;;+1/t6-;;;;;;/m0....../s1. The van der Waals surface area contributed by atoms with E-state index >= 15 is 0 Å². The summed E-state index contributed by atoms with van der Waals surface area (Å²) in [4.78, 5) is 0. The van der Waals surface area contributed by atoms with Crippen molar-refractivity contribution in [2.45, 2.75) is 71.4 Å². The van der Waals surface area contributed by atoms with Crippen LogP contribution in [-0.4, -0.2) is 16.5 Å². The molecule has 23 heavy (non-hydrogen) atoms. The Morgan fingerprint density at radius 3 is 1.78 bits per heavy atom. The van der Waals surface area contributed by atoms with Crippen LogP contribution in [0, 0.1) is 5.92 Å². The van der Waals surface area contributed by atoms with Crippen molar-refractivity contribution in [2.75, 3.05) is 0 Å².